The second-order valence-corrected chi connectivity index (χ2v) is 3.76. The van der Waals surface area contributed by atoms with Crippen molar-refractivity contribution in [2.45, 2.75) is 13.3 Å². The molecule has 0 atom stereocenters. The van der Waals surface area contributed by atoms with Crippen LogP contribution in [0.4, 0.5) is 5.69 Å². The maximum Gasteiger partial charge on any atom is 0.275 e. The lowest BCUT2D eigenvalue weighted by atomic mass is 10.1. The van der Waals surface area contributed by atoms with Gasteiger partial charge in [0.2, 0.25) is 0 Å². The lowest BCUT2D eigenvalue weighted by Gasteiger charge is -2.05. The van der Waals surface area contributed by atoms with Gasteiger partial charge in [0, 0.05) is 11.6 Å². The van der Waals surface area contributed by atoms with E-state index in [2.05, 4.69) is 0 Å². The molecule has 0 amide bonds. The second kappa shape index (κ2) is 4.34. The van der Waals surface area contributed by atoms with E-state index < -0.39 is 4.92 Å². The number of nitrogens with zero attached hydrogens (tertiary/aromatic N) is 1. The Hall–Kier alpha value is -0.510. The number of hydrogen-bond donors (Lipinski definition) is 0. The fourth-order valence-electron chi connectivity index (χ4n) is 1.12. The molecular weight excluding hydrogens is 248 g/mol. The minimum atomic E-state index is -0.521. The van der Waals surface area contributed by atoms with Gasteiger partial charge in [0.15, 0.2) is 0 Å². The highest BCUT2D eigenvalue weighted by molar-refractivity contribution is 6.48. The predicted octanol–water partition coefficient (Wildman–Crippen LogP) is 4.12. The van der Waals surface area contributed by atoms with Crippen LogP contribution in [-0.2, 0) is 6.42 Å². The van der Waals surface area contributed by atoms with Crippen molar-refractivity contribution in [1.29, 1.82) is 0 Å². The van der Waals surface area contributed by atoms with E-state index in [9.17, 15) is 10.1 Å². The maximum atomic E-state index is 10.6. The molecule has 1 aromatic rings. The van der Waals surface area contributed by atoms with Crippen molar-refractivity contribution in [1.82, 2.24) is 0 Å². The number of nitro groups is 1. The molecule has 0 aliphatic heterocycles. The zero-order valence-corrected chi connectivity index (χ0v) is 9.45. The summed E-state index contributed by atoms with van der Waals surface area (Å²) in [4.78, 5) is 10.1. The van der Waals surface area contributed by atoms with E-state index in [-0.39, 0.29) is 20.8 Å². The SMILES string of the molecule is CCc1c([N+](=O)[O-])cc(Cl)c(Cl)c1Cl. The monoisotopic (exact) mass is 253 g/mol. The first-order valence-electron chi connectivity index (χ1n) is 3.79. The normalized spacial score (nSPS) is 10.3. The molecule has 14 heavy (non-hydrogen) atoms. The molecule has 0 radical (unpaired) electrons. The fourth-order valence-corrected chi connectivity index (χ4v) is 1.87. The average Bonchev–Trinajstić information content (AvgIpc) is 2.13. The third-order valence-corrected chi connectivity index (χ3v) is 3.09. The molecule has 0 unspecified atom stereocenters. The Morgan fingerprint density at radius 3 is 2.36 bits per heavy atom. The highest BCUT2D eigenvalue weighted by Gasteiger charge is 2.20. The number of nitro benzene ring substituents is 1. The zero-order valence-electron chi connectivity index (χ0n) is 7.18. The highest BCUT2D eigenvalue weighted by Crippen LogP contribution is 2.38. The highest BCUT2D eigenvalue weighted by atomic mass is 35.5. The maximum absolute atomic E-state index is 10.6. The van der Waals surface area contributed by atoms with Crippen molar-refractivity contribution in [3.63, 3.8) is 0 Å². The first-order valence-corrected chi connectivity index (χ1v) is 4.93. The van der Waals surface area contributed by atoms with Crippen LogP contribution in [0.5, 0.6) is 0 Å². The van der Waals surface area contributed by atoms with Gasteiger partial charge in [-0.3, -0.25) is 10.1 Å². The molecule has 1 aromatic carbocycles. The largest absolute Gasteiger partial charge is 0.275 e. The molecule has 0 spiro atoms. The fraction of sp³-hybridized carbons (Fsp3) is 0.250. The van der Waals surface area contributed by atoms with Crippen LogP contribution in [0.25, 0.3) is 0 Å². The molecule has 3 nitrogen and oxygen atoms in total. The van der Waals surface area contributed by atoms with Crippen molar-refractivity contribution in [3.05, 3.63) is 36.8 Å². The average molecular weight is 254 g/mol. The van der Waals surface area contributed by atoms with Gasteiger partial charge < -0.3 is 0 Å². The second-order valence-electron chi connectivity index (χ2n) is 2.59. The standard InChI is InChI=1S/C8H6Cl3NO2/c1-2-4-6(12(13)14)3-5(9)8(11)7(4)10/h3H,2H2,1H3. The van der Waals surface area contributed by atoms with Crippen molar-refractivity contribution in [3.8, 4) is 0 Å². The molecule has 0 saturated heterocycles. The lowest BCUT2D eigenvalue weighted by Crippen LogP contribution is -1.96. The third kappa shape index (κ3) is 1.95. The number of benzene rings is 1. The van der Waals surface area contributed by atoms with E-state index in [0.29, 0.717) is 12.0 Å². The zero-order chi connectivity index (χ0) is 10.9. The van der Waals surface area contributed by atoms with Crippen LogP contribution >= 0.6 is 34.8 Å². The van der Waals surface area contributed by atoms with Gasteiger partial charge in [-0.15, -0.1) is 0 Å². The Kier molecular flexibility index (Phi) is 3.59. The molecular formula is C8H6Cl3NO2. The van der Waals surface area contributed by atoms with Gasteiger partial charge in [-0.05, 0) is 6.42 Å². The van der Waals surface area contributed by atoms with Gasteiger partial charge in [0.05, 0.1) is 20.0 Å². The lowest BCUT2D eigenvalue weighted by molar-refractivity contribution is -0.385. The predicted molar refractivity (Wildman–Crippen MR) is 57.5 cm³/mol. The molecule has 0 heterocycles. The molecule has 0 fully saturated rings. The van der Waals surface area contributed by atoms with E-state index in [0.717, 1.165) is 0 Å². The van der Waals surface area contributed by atoms with Crippen LogP contribution in [0, 0.1) is 10.1 Å². The smallest absolute Gasteiger partial charge is 0.258 e. The summed E-state index contributed by atoms with van der Waals surface area (Å²) in [5.74, 6) is 0. The van der Waals surface area contributed by atoms with E-state index in [1.807, 2.05) is 0 Å². The third-order valence-electron chi connectivity index (χ3n) is 1.79. The topological polar surface area (TPSA) is 43.1 Å². The molecule has 0 aromatic heterocycles. The van der Waals surface area contributed by atoms with Gasteiger partial charge in [-0.2, -0.15) is 0 Å². The molecule has 6 heteroatoms. The Labute approximate surface area is 95.7 Å². The molecule has 0 N–H and O–H groups in total. The summed E-state index contributed by atoms with van der Waals surface area (Å²) in [6.45, 7) is 1.76. The van der Waals surface area contributed by atoms with Crippen LogP contribution in [0.15, 0.2) is 6.07 Å². The Bertz CT molecular complexity index is 393. The molecule has 0 saturated carbocycles. The summed E-state index contributed by atoms with van der Waals surface area (Å²) in [6.07, 6.45) is 0.437. The van der Waals surface area contributed by atoms with Crippen molar-refractivity contribution in [2.24, 2.45) is 0 Å². The quantitative estimate of drug-likeness (QED) is 0.453. The van der Waals surface area contributed by atoms with Crippen LogP contribution < -0.4 is 0 Å². The Balaban J connectivity index is 3.51. The van der Waals surface area contributed by atoms with E-state index in [1.54, 1.807) is 6.92 Å². The van der Waals surface area contributed by atoms with Crippen LogP contribution in [0.2, 0.25) is 15.1 Å². The summed E-state index contributed by atoms with van der Waals surface area (Å²) >= 11 is 17.3. The molecule has 0 bridgehead atoms. The molecule has 76 valence electrons. The number of rotatable bonds is 2. The number of hydrogen-bond acceptors (Lipinski definition) is 2. The molecule has 0 aliphatic carbocycles. The van der Waals surface area contributed by atoms with E-state index in [4.69, 9.17) is 34.8 Å². The van der Waals surface area contributed by atoms with Crippen LogP contribution in [0.3, 0.4) is 0 Å². The summed E-state index contributed by atoms with van der Waals surface area (Å²) < 4.78 is 0. The summed E-state index contributed by atoms with van der Waals surface area (Å²) in [5.41, 5.74) is 0.318. The summed E-state index contributed by atoms with van der Waals surface area (Å²) in [6, 6.07) is 1.22. The van der Waals surface area contributed by atoms with Gasteiger partial charge in [-0.1, -0.05) is 41.7 Å². The van der Waals surface area contributed by atoms with E-state index >= 15 is 0 Å². The van der Waals surface area contributed by atoms with Gasteiger partial charge in [0.25, 0.3) is 5.69 Å². The minimum absolute atomic E-state index is 0.0908. The van der Waals surface area contributed by atoms with Gasteiger partial charge in [-0.25, -0.2) is 0 Å². The summed E-state index contributed by atoms with van der Waals surface area (Å²) in [7, 11) is 0. The first-order chi connectivity index (χ1) is 6.49. The Morgan fingerprint density at radius 2 is 1.93 bits per heavy atom. The van der Waals surface area contributed by atoms with Gasteiger partial charge in [0.1, 0.15) is 0 Å². The summed E-state index contributed by atoms with van der Waals surface area (Å²) in [5, 5.41) is 11.1. The molecule has 1 rings (SSSR count). The van der Waals surface area contributed by atoms with Gasteiger partial charge >= 0.3 is 0 Å². The van der Waals surface area contributed by atoms with Crippen LogP contribution in [0.1, 0.15) is 12.5 Å². The van der Waals surface area contributed by atoms with Crippen molar-refractivity contribution >= 4 is 40.5 Å². The number of halogens is 3. The van der Waals surface area contributed by atoms with E-state index in [1.165, 1.54) is 6.07 Å². The molecule has 0 aliphatic rings. The minimum Gasteiger partial charge on any atom is -0.258 e. The first kappa shape index (κ1) is 11.6. The van der Waals surface area contributed by atoms with Crippen molar-refractivity contribution < 1.29 is 4.92 Å². The van der Waals surface area contributed by atoms with Crippen molar-refractivity contribution in [2.75, 3.05) is 0 Å². The van der Waals surface area contributed by atoms with Crippen LogP contribution in [-0.4, -0.2) is 4.92 Å². The Morgan fingerprint density at radius 1 is 1.36 bits per heavy atom.